The SMILES string of the molecule is Cc1nc2ccccc2nc1NCC(C)(C)CCCN. The number of hydrogen-bond acceptors (Lipinski definition) is 4. The van der Waals surface area contributed by atoms with Crippen LogP contribution in [-0.2, 0) is 0 Å². The standard InChI is InChI=1S/C16H24N4/c1-12-15(18-11-16(2,3)9-6-10-17)20-14-8-5-4-7-13(14)19-12/h4-5,7-8H,6,9-11,17H2,1-3H3,(H,18,20). The van der Waals surface area contributed by atoms with Crippen LogP contribution in [0, 0.1) is 12.3 Å². The van der Waals surface area contributed by atoms with Crippen LogP contribution in [0.1, 0.15) is 32.4 Å². The molecule has 0 radical (unpaired) electrons. The Morgan fingerprint density at radius 2 is 1.80 bits per heavy atom. The van der Waals surface area contributed by atoms with E-state index in [1.807, 2.05) is 31.2 Å². The van der Waals surface area contributed by atoms with Crippen LogP contribution >= 0.6 is 0 Å². The van der Waals surface area contributed by atoms with Gasteiger partial charge in [-0.2, -0.15) is 0 Å². The van der Waals surface area contributed by atoms with Gasteiger partial charge >= 0.3 is 0 Å². The van der Waals surface area contributed by atoms with Crippen molar-refractivity contribution in [1.82, 2.24) is 9.97 Å². The molecule has 0 fully saturated rings. The van der Waals surface area contributed by atoms with Crippen LogP contribution in [0.2, 0.25) is 0 Å². The molecule has 0 spiro atoms. The number of anilines is 1. The van der Waals surface area contributed by atoms with E-state index in [0.717, 1.165) is 48.5 Å². The maximum absolute atomic E-state index is 5.59. The highest BCUT2D eigenvalue weighted by Gasteiger charge is 2.17. The summed E-state index contributed by atoms with van der Waals surface area (Å²) in [5.74, 6) is 0.879. The van der Waals surface area contributed by atoms with Crippen molar-refractivity contribution in [3.05, 3.63) is 30.0 Å². The second-order valence-electron chi connectivity index (χ2n) is 6.06. The largest absolute Gasteiger partial charge is 0.368 e. The number of nitrogens with zero attached hydrogens (tertiary/aromatic N) is 2. The lowest BCUT2D eigenvalue weighted by molar-refractivity contribution is 0.350. The van der Waals surface area contributed by atoms with Gasteiger partial charge in [0.15, 0.2) is 0 Å². The molecule has 4 heteroatoms. The third-order valence-corrected chi connectivity index (χ3v) is 3.54. The Balaban J connectivity index is 2.11. The molecule has 1 aromatic carbocycles. The van der Waals surface area contributed by atoms with Crippen molar-refractivity contribution >= 4 is 16.9 Å². The summed E-state index contributed by atoms with van der Waals surface area (Å²) >= 11 is 0. The van der Waals surface area contributed by atoms with Gasteiger partial charge in [0.1, 0.15) is 5.82 Å². The first-order chi connectivity index (χ1) is 9.52. The Labute approximate surface area is 120 Å². The lowest BCUT2D eigenvalue weighted by Gasteiger charge is -2.25. The minimum absolute atomic E-state index is 0.207. The molecule has 108 valence electrons. The number of nitrogens with two attached hydrogens (primary N) is 1. The van der Waals surface area contributed by atoms with Crippen LogP contribution < -0.4 is 11.1 Å². The highest BCUT2D eigenvalue weighted by atomic mass is 15.0. The van der Waals surface area contributed by atoms with Crippen LogP contribution in [0.4, 0.5) is 5.82 Å². The van der Waals surface area contributed by atoms with E-state index in [0.29, 0.717) is 0 Å². The van der Waals surface area contributed by atoms with Crippen molar-refractivity contribution in [1.29, 1.82) is 0 Å². The second kappa shape index (κ2) is 6.18. The first-order valence-corrected chi connectivity index (χ1v) is 7.19. The quantitative estimate of drug-likeness (QED) is 0.848. The fraction of sp³-hybridized carbons (Fsp3) is 0.500. The van der Waals surface area contributed by atoms with Gasteiger partial charge in [-0.3, -0.25) is 0 Å². The molecular formula is C16H24N4. The number of benzene rings is 1. The summed E-state index contributed by atoms with van der Waals surface area (Å²) in [6.45, 7) is 8.12. The molecule has 0 unspecified atom stereocenters. The Hall–Kier alpha value is -1.68. The van der Waals surface area contributed by atoms with Gasteiger partial charge in [0.25, 0.3) is 0 Å². The molecule has 2 rings (SSSR count). The molecule has 1 heterocycles. The number of rotatable bonds is 6. The van der Waals surface area contributed by atoms with Crippen LogP contribution in [-0.4, -0.2) is 23.1 Å². The molecule has 2 aromatic rings. The zero-order valence-corrected chi connectivity index (χ0v) is 12.6. The molecular weight excluding hydrogens is 248 g/mol. The third kappa shape index (κ3) is 3.67. The fourth-order valence-electron chi connectivity index (χ4n) is 2.25. The Bertz CT molecular complexity index is 578. The topological polar surface area (TPSA) is 63.8 Å². The predicted molar refractivity (Wildman–Crippen MR) is 84.8 cm³/mol. The van der Waals surface area contributed by atoms with Gasteiger partial charge in [-0.25, -0.2) is 9.97 Å². The zero-order chi connectivity index (χ0) is 14.6. The first-order valence-electron chi connectivity index (χ1n) is 7.19. The molecule has 1 aromatic heterocycles. The average Bonchev–Trinajstić information content (AvgIpc) is 2.43. The molecule has 0 aliphatic rings. The minimum atomic E-state index is 0.207. The average molecular weight is 272 g/mol. The molecule has 0 bridgehead atoms. The number of nitrogens with one attached hydrogen (secondary N) is 1. The van der Waals surface area contributed by atoms with E-state index in [4.69, 9.17) is 5.73 Å². The van der Waals surface area contributed by atoms with E-state index >= 15 is 0 Å². The van der Waals surface area contributed by atoms with Gasteiger partial charge in [-0.1, -0.05) is 26.0 Å². The third-order valence-electron chi connectivity index (χ3n) is 3.54. The van der Waals surface area contributed by atoms with Crippen LogP contribution in [0.5, 0.6) is 0 Å². The van der Waals surface area contributed by atoms with Gasteiger partial charge in [0.2, 0.25) is 0 Å². The lowest BCUT2D eigenvalue weighted by Crippen LogP contribution is -2.24. The van der Waals surface area contributed by atoms with Crippen molar-refractivity contribution in [2.45, 2.75) is 33.6 Å². The number of aryl methyl sites for hydroxylation is 1. The van der Waals surface area contributed by atoms with Gasteiger partial charge in [-0.15, -0.1) is 0 Å². The summed E-state index contributed by atoms with van der Waals surface area (Å²) in [5, 5.41) is 3.44. The molecule has 0 amide bonds. The maximum Gasteiger partial charge on any atom is 0.148 e. The smallest absolute Gasteiger partial charge is 0.148 e. The summed E-state index contributed by atoms with van der Waals surface area (Å²) in [4.78, 5) is 9.25. The van der Waals surface area contributed by atoms with Gasteiger partial charge < -0.3 is 11.1 Å². The Kier molecular flexibility index (Phi) is 4.55. The molecule has 0 atom stereocenters. The zero-order valence-electron chi connectivity index (χ0n) is 12.6. The molecule has 0 aliphatic heterocycles. The van der Waals surface area contributed by atoms with Crippen LogP contribution in [0.25, 0.3) is 11.0 Å². The number of para-hydroxylation sites is 2. The van der Waals surface area contributed by atoms with E-state index in [2.05, 4.69) is 29.1 Å². The Morgan fingerprint density at radius 3 is 2.45 bits per heavy atom. The van der Waals surface area contributed by atoms with Crippen molar-refractivity contribution in [3.63, 3.8) is 0 Å². The molecule has 0 aliphatic carbocycles. The summed E-state index contributed by atoms with van der Waals surface area (Å²) in [6, 6.07) is 7.96. The molecule has 4 nitrogen and oxygen atoms in total. The second-order valence-corrected chi connectivity index (χ2v) is 6.06. The molecule has 3 N–H and O–H groups in total. The fourth-order valence-corrected chi connectivity index (χ4v) is 2.25. The monoisotopic (exact) mass is 272 g/mol. The van der Waals surface area contributed by atoms with Crippen LogP contribution in [0.15, 0.2) is 24.3 Å². The summed E-state index contributed by atoms with van der Waals surface area (Å²) in [7, 11) is 0. The summed E-state index contributed by atoms with van der Waals surface area (Å²) in [6.07, 6.45) is 2.16. The number of hydrogen-bond donors (Lipinski definition) is 2. The number of fused-ring (bicyclic) bond motifs is 1. The van der Waals surface area contributed by atoms with Crippen molar-refractivity contribution < 1.29 is 0 Å². The van der Waals surface area contributed by atoms with Gasteiger partial charge in [0.05, 0.1) is 16.7 Å². The van der Waals surface area contributed by atoms with Gasteiger partial charge in [-0.05, 0) is 43.9 Å². The minimum Gasteiger partial charge on any atom is -0.368 e. The van der Waals surface area contributed by atoms with E-state index in [-0.39, 0.29) is 5.41 Å². The lowest BCUT2D eigenvalue weighted by atomic mass is 9.88. The van der Waals surface area contributed by atoms with E-state index in [1.165, 1.54) is 0 Å². The van der Waals surface area contributed by atoms with Crippen LogP contribution in [0.3, 0.4) is 0 Å². The first kappa shape index (κ1) is 14.7. The van der Waals surface area contributed by atoms with E-state index < -0.39 is 0 Å². The highest BCUT2D eigenvalue weighted by Crippen LogP contribution is 2.23. The van der Waals surface area contributed by atoms with E-state index in [1.54, 1.807) is 0 Å². The molecule has 0 saturated carbocycles. The highest BCUT2D eigenvalue weighted by molar-refractivity contribution is 5.76. The molecule has 0 saturated heterocycles. The normalized spacial score (nSPS) is 11.8. The van der Waals surface area contributed by atoms with Crippen molar-refractivity contribution in [2.24, 2.45) is 11.1 Å². The summed E-state index contributed by atoms with van der Waals surface area (Å²) in [5.41, 5.74) is 8.61. The maximum atomic E-state index is 5.59. The van der Waals surface area contributed by atoms with Gasteiger partial charge in [0, 0.05) is 6.54 Å². The van der Waals surface area contributed by atoms with Crippen molar-refractivity contribution in [3.8, 4) is 0 Å². The Morgan fingerprint density at radius 1 is 1.15 bits per heavy atom. The summed E-state index contributed by atoms with van der Waals surface area (Å²) < 4.78 is 0. The predicted octanol–water partition coefficient (Wildman–Crippen LogP) is 3.12. The number of aromatic nitrogens is 2. The molecule has 20 heavy (non-hydrogen) atoms. The van der Waals surface area contributed by atoms with E-state index in [9.17, 15) is 0 Å². The van der Waals surface area contributed by atoms with Crippen molar-refractivity contribution in [2.75, 3.05) is 18.4 Å².